The minimum absolute atomic E-state index is 0.375. The summed E-state index contributed by atoms with van der Waals surface area (Å²) in [5, 5.41) is 4.33. The van der Waals surface area contributed by atoms with Gasteiger partial charge in [-0.15, -0.1) is 0 Å². The summed E-state index contributed by atoms with van der Waals surface area (Å²) in [7, 11) is 0. The summed E-state index contributed by atoms with van der Waals surface area (Å²) in [5.41, 5.74) is 8.86. The number of hydrogen-bond donors (Lipinski definition) is 2. The third-order valence-corrected chi connectivity index (χ3v) is 3.18. The molecule has 7 heteroatoms. The molecule has 0 spiro atoms. The zero-order chi connectivity index (χ0) is 14.2. The average molecular weight is 277 g/mol. The zero-order valence-corrected chi connectivity index (χ0v) is 10.9. The predicted molar refractivity (Wildman–Crippen MR) is 78.7 cm³/mol. The lowest BCUT2D eigenvalue weighted by molar-refractivity contribution is 0.880. The fraction of sp³-hybridized carbons (Fsp3) is 0. The largest absolute Gasteiger partial charge is 0.382 e. The third kappa shape index (κ3) is 1.91. The molecule has 0 saturated carbocycles. The summed E-state index contributed by atoms with van der Waals surface area (Å²) in [6.45, 7) is 0. The van der Waals surface area contributed by atoms with Crippen molar-refractivity contribution in [3.05, 3.63) is 49.1 Å². The first-order valence-corrected chi connectivity index (χ1v) is 6.38. The van der Waals surface area contributed by atoms with Gasteiger partial charge in [0.2, 0.25) is 0 Å². The molecule has 3 N–H and O–H groups in total. The minimum Gasteiger partial charge on any atom is -0.382 e. The zero-order valence-electron chi connectivity index (χ0n) is 10.9. The number of benzene rings is 1. The van der Waals surface area contributed by atoms with E-state index in [4.69, 9.17) is 5.73 Å². The Kier molecular flexibility index (Phi) is 2.43. The van der Waals surface area contributed by atoms with Crippen molar-refractivity contribution in [1.82, 2.24) is 29.7 Å². The molecule has 3 aromatic heterocycles. The summed E-state index contributed by atoms with van der Waals surface area (Å²) in [6.07, 6.45) is 5.12. The van der Waals surface area contributed by atoms with E-state index in [2.05, 4.69) is 25.0 Å². The number of nitrogens with one attached hydrogen (secondary N) is 1. The molecule has 21 heavy (non-hydrogen) atoms. The second-order valence-corrected chi connectivity index (χ2v) is 4.54. The number of aromatic amines is 1. The molecule has 4 rings (SSSR count). The van der Waals surface area contributed by atoms with E-state index in [1.165, 1.54) is 0 Å². The van der Waals surface area contributed by atoms with Gasteiger partial charge in [-0.2, -0.15) is 5.10 Å². The van der Waals surface area contributed by atoms with Crippen LogP contribution in [0.2, 0.25) is 0 Å². The molecular formula is C14H11N7. The summed E-state index contributed by atoms with van der Waals surface area (Å²) < 4.78 is 1.77. The summed E-state index contributed by atoms with van der Waals surface area (Å²) in [4.78, 5) is 15.7. The minimum atomic E-state index is 0.375. The SMILES string of the molecule is Nc1nc(-c2cnn(-c3ccccc3)c2)nc2nc[nH]c12. The molecule has 4 aromatic rings. The van der Waals surface area contributed by atoms with Crippen LogP contribution < -0.4 is 5.73 Å². The number of para-hydroxylation sites is 1. The molecule has 1 aromatic carbocycles. The van der Waals surface area contributed by atoms with Gasteiger partial charge in [0.15, 0.2) is 17.3 Å². The van der Waals surface area contributed by atoms with Crippen LogP contribution in [0.5, 0.6) is 0 Å². The summed E-state index contributed by atoms with van der Waals surface area (Å²) >= 11 is 0. The number of anilines is 1. The topological polar surface area (TPSA) is 98.3 Å². The normalized spacial score (nSPS) is 11.0. The molecule has 7 nitrogen and oxygen atoms in total. The van der Waals surface area contributed by atoms with Gasteiger partial charge in [0.05, 0.1) is 23.8 Å². The van der Waals surface area contributed by atoms with Crippen molar-refractivity contribution in [2.24, 2.45) is 0 Å². The van der Waals surface area contributed by atoms with Crippen molar-refractivity contribution in [1.29, 1.82) is 0 Å². The van der Waals surface area contributed by atoms with E-state index in [-0.39, 0.29) is 0 Å². The van der Waals surface area contributed by atoms with Crippen molar-refractivity contribution in [3.63, 3.8) is 0 Å². The van der Waals surface area contributed by atoms with Crippen molar-refractivity contribution in [2.75, 3.05) is 5.73 Å². The molecular weight excluding hydrogens is 266 g/mol. The first-order chi connectivity index (χ1) is 10.3. The Morgan fingerprint density at radius 1 is 1.10 bits per heavy atom. The first kappa shape index (κ1) is 11.6. The Morgan fingerprint density at radius 2 is 1.95 bits per heavy atom. The number of fused-ring (bicyclic) bond motifs is 1. The van der Waals surface area contributed by atoms with E-state index in [0.717, 1.165) is 11.3 Å². The van der Waals surface area contributed by atoms with Gasteiger partial charge in [-0.25, -0.2) is 19.6 Å². The van der Waals surface area contributed by atoms with Crippen LogP contribution in [0.15, 0.2) is 49.1 Å². The standard InChI is InChI=1S/C14H11N7/c15-12-11-14(17-8-16-11)20-13(19-12)9-6-18-21(7-9)10-4-2-1-3-5-10/h1-8H,(H3,15,16,17,19,20). The second kappa shape index (κ2) is 4.41. The van der Waals surface area contributed by atoms with Crippen LogP contribution in [0, 0.1) is 0 Å². The lowest BCUT2D eigenvalue weighted by Gasteiger charge is -2.00. The highest BCUT2D eigenvalue weighted by molar-refractivity contribution is 5.83. The Bertz CT molecular complexity index is 907. The summed E-state index contributed by atoms with van der Waals surface area (Å²) in [5.74, 6) is 0.884. The molecule has 0 bridgehead atoms. The van der Waals surface area contributed by atoms with Gasteiger partial charge in [0.1, 0.15) is 5.52 Å². The summed E-state index contributed by atoms with van der Waals surface area (Å²) in [6, 6.07) is 9.83. The molecule has 0 atom stereocenters. The molecule has 0 aliphatic heterocycles. The monoisotopic (exact) mass is 277 g/mol. The first-order valence-electron chi connectivity index (χ1n) is 6.38. The molecule has 0 aliphatic rings. The molecule has 0 saturated heterocycles. The third-order valence-electron chi connectivity index (χ3n) is 3.18. The molecule has 0 aliphatic carbocycles. The smallest absolute Gasteiger partial charge is 0.183 e. The lowest BCUT2D eigenvalue weighted by atomic mass is 10.3. The maximum Gasteiger partial charge on any atom is 0.183 e. The average Bonchev–Trinajstić information content (AvgIpc) is 3.17. The quantitative estimate of drug-likeness (QED) is 0.582. The van der Waals surface area contributed by atoms with Gasteiger partial charge in [-0.3, -0.25) is 0 Å². The van der Waals surface area contributed by atoms with Gasteiger partial charge >= 0.3 is 0 Å². The van der Waals surface area contributed by atoms with E-state index in [9.17, 15) is 0 Å². The Balaban J connectivity index is 1.81. The Labute approximate surface area is 119 Å². The molecule has 0 unspecified atom stereocenters. The predicted octanol–water partition coefficient (Wildman–Crippen LogP) is 1.79. The van der Waals surface area contributed by atoms with Crippen LogP contribution in [0.1, 0.15) is 0 Å². The van der Waals surface area contributed by atoms with Crippen molar-refractivity contribution < 1.29 is 0 Å². The molecule has 3 heterocycles. The maximum atomic E-state index is 5.91. The van der Waals surface area contributed by atoms with E-state index in [1.807, 2.05) is 36.5 Å². The maximum absolute atomic E-state index is 5.91. The van der Waals surface area contributed by atoms with Crippen LogP contribution in [-0.2, 0) is 0 Å². The number of nitrogens with zero attached hydrogens (tertiary/aromatic N) is 5. The highest BCUT2D eigenvalue weighted by atomic mass is 15.3. The number of rotatable bonds is 2. The van der Waals surface area contributed by atoms with E-state index in [0.29, 0.717) is 22.8 Å². The van der Waals surface area contributed by atoms with Gasteiger partial charge in [0.25, 0.3) is 0 Å². The Hall–Kier alpha value is -3.22. The van der Waals surface area contributed by atoms with Crippen molar-refractivity contribution in [3.8, 4) is 17.1 Å². The van der Waals surface area contributed by atoms with Crippen LogP contribution >= 0.6 is 0 Å². The molecule has 0 radical (unpaired) electrons. The highest BCUT2D eigenvalue weighted by Gasteiger charge is 2.11. The van der Waals surface area contributed by atoms with E-state index < -0.39 is 0 Å². The highest BCUT2D eigenvalue weighted by Crippen LogP contribution is 2.21. The Morgan fingerprint density at radius 3 is 2.81 bits per heavy atom. The van der Waals surface area contributed by atoms with Gasteiger partial charge in [-0.1, -0.05) is 18.2 Å². The fourth-order valence-electron chi connectivity index (χ4n) is 2.14. The van der Waals surface area contributed by atoms with E-state index >= 15 is 0 Å². The fourth-order valence-corrected chi connectivity index (χ4v) is 2.14. The second-order valence-electron chi connectivity index (χ2n) is 4.54. The number of imidazole rings is 1. The van der Waals surface area contributed by atoms with Crippen LogP contribution in [0.4, 0.5) is 5.82 Å². The molecule has 0 amide bonds. The van der Waals surface area contributed by atoms with Gasteiger partial charge in [0, 0.05) is 6.20 Å². The molecule has 0 fully saturated rings. The van der Waals surface area contributed by atoms with Gasteiger partial charge < -0.3 is 10.7 Å². The molecule has 102 valence electrons. The number of aromatic nitrogens is 6. The number of nitrogens with two attached hydrogens (primary N) is 1. The number of H-pyrrole nitrogens is 1. The van der Waals surface area contributed by atoms with Gasteiger partial charge in [-0.05, 0) is 12.1 Å². The van der Waals surface area contributed by atoms with Crippen LogP contribution in [0.25, 0.3) is 28.2 Å². The lowest BCUT2D eigenvalue weighted by Crippen LogP contribution is -1.97. The van der Waals surface area contributed by atoms with E-state index in [1.54, 1.807) is 17.2 Å². The number of hydrogen-bond acceptors (Lipinski definition) is 5. The van der Waals surface area contributed by atoms with Crippen LogP contribution in [-0.4, -0.2) is 29.7 Å². The van der Waals surface area contributed by atoms with Crippen molar-refractivity contribution in [2.45, 2.75) is 0 Å². The van der Waals surface area contributed by atoms with Crippen molar-refractivity contribution >= 4 is 17.0 Å². The number of nitrogen functional groups attached to an aromatic ring is 1. The van der Waals surface area contributed by atoms with Crippen LogP contribution in [0.3, 0.4) is 0 Å².